The number of anilines is 5. The van der Waals surface area contributed by atoms with E-state index in [9.17, 15) is 19.2 Å². The number of nitrogens with zero attached hydrogens (tertiary/aromatic N) is 5. The third-order valence-electron chi connectivity index (χ3n) is 8.16. The zero-order chi connectivity index (χ0) is 34.5. The first-order chi connectivity index (χ1) is 22.9. The molecule has 5 rings (SSSR count). The molecule has 48 heavy (non-hydrogen) atoms. The van der Waals surface area contributed by atoms with Gasteiger partial charge in [-0.05, 0) is 81.0 Å². The Morgan fingerprint density at radius 2 is 1.46 bits per heavy atom. The number of ether oxygens (including phenoxy) is 1. The summed E-state index contributed by atoms with van der Waals surface area (Å²) in [6.07, 6.45) is 0.762. The van der Waals surface area contributed by atoms with Crippen molar-refractivity contribution >= 4 is 64.0 Å². The molecular formula is C35H43N7O5S. The first-order valence-corrected chi connectivity index (χ1v) is 16.6. The van der Waals surface area contributed by atoms with E-state index in [-0.39, 0.29) is 37.4 Å². The van der Waals surface area contributed by atoms with E-state index >= 15 is 0 Å². The maximum Gasteiger partial charge on any atom is 0.419 e. The summed E-state index contributed by atoms with van der Waals surface area (Å²) in [6.45, 7) is 0.535. The lowest BCUT2D eigenvalue weighted by molar-refractivity contribution is -0.137. The smallest absolute Gasteiger partial charge is 0.419 e. The molecule has 3 aromatic carbocycles. The number of likely N-dealkylation sites (N-methyl/N-ethyl adjacent to an activating group) is 1. The second-order valence-corrected chi connectivity index (χ2v) is 13.6. The average molecular weight is 674 g/mol. The summed E-state index contributed by atoms with van der Waals surface area (Å²) >= 11 is 1.63. The number of amides is 4. The van der Waals surface area contributed by atoms with E-state index in [1.54, 1.807) is 59.9 Å². The maximum absolute atomic E-state index is 13.7. The van der Waals surface area contributed by atoms with Gasteiger partial charge in [0.15, 0.2) is 0 Å². The van der Waals surface area contributed by atoms with E-state index < -0.39 is 12.1 Å². The molecule has 0 bridgehead atoms. The Balaban J connectivity index is 1.22. The second kappa shape index (κ2) is 15.0. The lowest BCUT2D eigenvalue weighted by atomic mass is 10.1. The predicted molar refractivity (Wildman–Crippen MR) is 189 cm³/mol. The monoisotopic (exact) mass is 673 g/mol. The highest BCUT2D eigenvalue weighted by Crippen LogP contribution is 2.50. The van der Waals surface area contributed by atoms with Crippen molar-refractivity contribution in [2.24, 2.45) is 0 Å². The highest BCUT2D eigenvalue weighted by atomic mass is 32.2. The zero-order valence-electron chi connectivity index (χ0n) is 28.3. The summed E-state index contributed by atoms with van der Waals surface area (Å²) < 4.78 is 5.83. The summed E-state index contributed by atoms with van der Waals surface area (Å²) in [5, 5.41) is 5.52. The Morgan fingerprint density at radius 1 is 0.854 bits per heavy atom. The molecular weight excluding hydrogens is 630 g/mol. The van der Waals surface area contributed by atoms with Crippen molar-refractivity contribution in [1.82, 2.24) is 15.1 Å². The Kier molecular flexibility index (Phi) is 10.8. The standard InChI is InChI=1S/C35H43N7O5S/c1-38(2)21-32(43)36-20-33(44)41-17-7-8-29(41)34(45)37-24-11-9-23(10-12-24)22-47-35(46)42-27-15-13-25(39(3)4)18-30(27)48-31-19-26(40(5)6)14-16-28(31)42/h9-16,18-19,29H,7-8,17,20-22H2,1-6H3,(H,36,43)(H,37,45)/t29-/m0/s1. The minimum Gasteiger partial charge on any atom is -0.444 e. The normalized spacial score (nSPS) is 15.0. The Labute approximate surface area is 286 Å². The van der Waals surface area contributed by atoms with Crippen molar-refractivity contribution in [2.75, 3.05) is 81.9 Å². The summed E-state index contributed by atoms with van der Waals surface area (Å²) in [6, 6.07) is 18.5. The van der Waals surface area contributed by atoms with E-state index in [0.29, 0.717) is 25.1 Å². The zero-order valence-corrected chi connectivity index (χ0v) is 29.1. The van der Waals surface area contributed by atoms with Crippen molar-refractivity contribution in [3.63, 3.8) is 0 Å². The van der Waals surface area contributed by atoms with Crippen LogP contribution in [0.1, 0.15) is 18.4 Å². The molecule has 0 spiro atoms. The van der Waals surface area contributed by atoms with Gasteiger partial charge in [-0.25, -0.2) is 9.69 Å². The maximum atomic E-state index is 13.7. The molecule has 254 valence electrons. The fraction of sp³-hybridized carbons (Fsp3) is 0.371. The van der Waals surface area contributed by atoms with Crippen LogP contribution in [-0.2, 0) is 25.7 Å². The SMILES string of the molecule is CN(C)CC(=O)NCC(=O)N1CCC[C@H]1C(=O)Nc1ccc(COC(=O)N2c3ccc(N(C)C)cc3Sc3cc(N(C)C)ccc32)cc1. The van der Waals surface area contributed by atoms with Crippen LogP contribution in [0.25, 0.3) is 0 Å². The van der Waals surface area contributed by atoms with Gasteiger partial charge in [0.05, 0.1) is 24.5 Å². The van der Waals surface area contributed by atoms with Crippen molar-refractivity contribution in [3.8, 4) is 0 Å². The number of carbonyl (C=O) groups excluding carboxylic acids is 4. The second-order valence-electron chi connectivity index (χ2n) is 12.5. The molecule has 2 N–H and O–H groups in total. The number of fused-ring (bicyclic) bond motifs is 2. The molecule has 0 aromatic heterocycles. The predicted octanol–water partition coefficient (Wildman–Crippen LogP) is 4.37. The summed E-state index contributed by atoms with van der Waals surface area (Å²) in [5.41, 5.74) is 4.90. The molecule has 0 saturated carbocycles. The molecule has 0 aliphatic carbocycles. The van der Waals surface area contributed by atoms with Gasteiger partial charge in [0.2, 0.25) is 17.7 Å². The molecule has 0 radical (unpaired) electrons. The van der Waals surface area contributed by atoms with Gasteiger partial charge in [0, 0.05) is 61.6 Å². The summed E-state index contributed by atoms with van der Waals surface area (Å²) in [5.74, 6) is -0.818. The number of carbonyl (C=O) groups is 4. The van der Waals surface area contributed by atoms with Gasteiger partial charge in [-0.15, -0.1) is 0 Å². The van der Waals surface area contributed by atoms with Crippen LogP contribution in [0.4, 0.5) is 33.2 Å². The van der Waals surface area contributed by atoms with E-state index in [4.69, 9.17) is 4.74 Å². The van der Waals surface area contributed by atoms with Gasteiger partial charge >= 0.3 is 6.09 Å². The van der Waals surface area contributed by atoms with E-state index in [1.807, 2.05) is 62.3 Å². The van der Waals surface area contributed by atoms with Crippen LogP contribution < -0.4 is 25.3 Å². The molecule has 2 aliphatic rings. The number of rotatable bonds is 10. The molecule has 1 saturated heterocycles. The third-order valence-corrected chi connectivity index (χ3v) is 9.25. The highest BCUT2D eigenvalue weighted by molar-refractivity contribution is 7.99. The van der Waals surface area contributed by atoms with Crippen LogP contribution in [0.5, 0.6) is 0 Å². The molecule has 4 amide bonds. The first-order valence-electron chi connectivity index (χ1n) is 15.8. The Morgan fingerprint density at radius 3 is 2.02 bits per heavy atom. The van der Waals surface area contributed by atoms with Gasteiger partial charge in [0.1, 0.15) is 12.6 Å². The molecule has 0 unspecified atom stereocenters. The minimum absolute atomic E-state index is 0.0391. The molecule has 12 nitrogen and oxygen atoms in total. The van der Waals surface area contributed by atoms with Gasteiger partial charge in [0.25, 0.3) is 0 Å². The van der Waals surface area contributed by atoms with Crippen LogP contribution >= 0.6 is 11.8 Å². The number of likely N-dealkylation sites (tertiary alicyclic amines) is 1. The molecule has 2 heterocycles. The number of benzene rings is 3. The molecule has 1 fully saturated rings. The summed E-state index contributed by atoms with van der Waals surface area (Å²) in [4.78, 5) is 62.4. The Bertz CT molecular complexity index is 1620. The van der Waals surface area contributed by atoms with Gasteiger partial charge < -0.3 is 35.0 Å². The number of nitrogens with one attached hydrogen (secondary N) is 2. The fourth-order valence-electron chi connectivity index (χ4n) is 5.62. The van der Waals surface area contributed by atoms with Crippen LogP contribution in [0.3, 0.4) is 0 Å². The van der Waals surface area contributed by atoms with Crippen molar-refractivity contribution in [3.05, 3.63) is 66.2 Å². The summed E-state index contributed by atoms with van der Waals surface area (Å²) in [7, 11) is 11.5. The van der Waals surface area contributed by atoms with E-state index in [0.717, 1.165) is 38.1 Å². The topological polar surface area (TPSA) is 118 Å². The quantitative estimate of drug-likeness (QED) is 0.324. The van der Waals surface area contributed by atoms with Crippen molar-refractivity contribution < 1.29 is 23.9 Å². The Hall–Kier alpha value is -4.75. The largest absolute Gasteiger partial charge is 0.444 e. The van der Waals surface area contributed by atoms with Crippen LogP contribution in [0.15, 0.2) is 70.5 Å². The molecule has 13 heteroatoms. The fourth-order valence-corrected chi connectivity index (χ4v) is 6.74. The van der Waals surface area contributed by atoms with Crippen molar-refractivity contribution in [1.29, 1.82) is 0 Å². The van der Waals surface area contributed by atoms with Crippen LogP contribution in [0.2, 0.25) is 0 Å². The van der Waals surface area contributed by atoms with E-state index in [2.05, 4.69) is 22.8 Å². The van der Waals surface area contributed by atoms with E-state index in [1.165, 1.54) is 4.90 Å². The van der Waals surface area contributed by atoms with Crippen molar-refractivity contribution in [2.45, 2.75) is 35.3 Å². The number of hydrogen-bond acceptors (Lipinski definition) is 9. The third kappa shape index (κ3) is 8.03. The first kappa shape index (κ1) is 34.6. The van der Waals surface area contributed by atoms with Gasteiger partial charge in [-0.1, -0.05) is 23.9 Å². The van der Waals surface area contributed by atoms with Gasteiger partial charge in [-0.3, -0.25) is 14.4 Å². The molecule has 1 atom stereocenters. The molecule has 2 aliphatic heterocycles. The van der Waals surface area contributed by atoms with Gasteiger partial charge in [-0.2, -0.15) is 0 Å². The molecule has 3 aromatic rings. The lowest BCUT2D eigenvalue weighted by Gasteiger charge is -2.32. The number of hydrogen-bond donors (Lipinski definition) is 2. The highest BCUT2D eigenvalue weighted by Gasteiger charge is 2.34. The van der Waals surface area contributed by atoms with Crippen LogP contribution in [0, 0.1) is 0 Å². The minimum atomic E-state index is -0.611. The average Bonchev–Trinajstić information content (AvgIpc) is 3.55. The lowest BCUT2D eigenvalue weighted by Crippen LogP contribution is -2.48. The van der Waals surface area contributed by atoms with Crippen LogP contribution in [-0.4, -0.2) is 102 Å².